The Kier molecular flexibility index (Phi) is 3.79. The summed E-state index contributed by atoms with van der Waals surface area (Å²) < 4.78 is 4.56. The molecule has 0 spiro atoms. The van der Waals surface area contributed by atoms with Crippen LogP contribution < -0.4 is 0 Å². The van der Waals surface area contributed by atoms with E-state index in [1.807, 2.05) is 6.07 Å². The fourth-order valence-electron chi connectivity index (χ4n) is 1.83. The number of hydrogen-bond acceptors (Lipinski definition) is 5. The van der Waals surface area contributed by atoms with Crippen molar-refractivity contribution in [3.8, 4) is 17.0 Å². The fraction of sp³-hybridized carbons (Fsp3) is 0.133. The Bertz CT molecular complexity index is 665. The van der Waals surface area contributed by atoms with E-state index < -0.39 is 5.97 Å². The van der Waals surface area contributed by atoms with Crippen LogP contribution in [0.15, 0.2) is 36.4 Å². The third-order valence-electron chi connectivity index (χ3n) is 2.81. The predicted molar refractivity (Wildman–Crippen MR) is 72.7 cm³/mol. The zero-order chi connectivity index (χ0) is 14.7. The predicted octanol–water partition coefficient (Wildman–Crippen LogP) is 2.44. The number of carbonyl (C=O) groups is 2. The molecule has 0 amide bonds. The Morgan fingerprint density at radius 1 is 1.20 bits per heavy atom. The molecule has 0 bridgehead atoms. The molecule has 102 valence electrons. The lowest BCUT2D eigenvalue weighted by Crippen LogP contribution is -2.08. The summed E-state index contributed by atoms with van der Waals surface area (Å²) in [4.78, 5) is 27.3. The standard InChI is InChI=1S/C15H13NO4/c1-9(17)11-8-12(18)14(15(19)20-2)16-13(11)10-6-4-3-5-7-10/h3-8,18H,1-2H3. The summed E-state index contributed by atoms with van der Waals surface area (Å²) in [5, 5.41) is 9.80. The molecule has 2 aromatic rings. The van der Waals surface area contributed by atoms with Crippen molar-refractivity contribution in [2.75, 3.05) is 7.11 Å². The van der Waals surface area contributed by atoms with Gasteiger partial charge in [-0.25, -0.2) is 9.78 Å². The van der Waals surface area contributed by atoms with Crippen molar-refractivity contribution in [3.05, 3.63) is 47.7 Å². The van der Waals surface area contributed by atoms with E-state index in [0.29, 0.717) is 11.3 Å². The molecule has 1 aromatic heterocycles. The van der Waals surface area contributed by atoms with E-state index in [4.69, 9.17) is 0 Å². The van der Waals surface area contributed by atoms with Crippen molar-refractivity contribution >= 4 is 11.8 Å². The number of rotatable bonds is 3. The number of pyridine rings is 1. The number of ketones is 1. The summed E-state index contributed by atoms with van der Waals surface area (Å²) in [6.45, 7) is 1.38. The Hall–Kier alpha value is -2.69. The number of hydrogen-bond donors (Lipinski definition) is 1. The van der Waals surface area contributed by atoms with Gasteiger partial charge in [-0.15, -0.1) is 0 Å². The molecule has 1 N–H and O–H groups in total. The fourth-order valence-corrected chi connectivity index (χ4v) is 1.83. The van der Waals surface area contributed by atoms with E-state index in [9.17, 15) is 14.7 Å². The van der Waals surface area contributed by atoms with Crippen LogP contribution in [0.25, 0.3) is 11.3 Å². The second kappa shape index (κ2) is 5.52. The lowest BCUT2D eigenvalue weighted by molar-refractivity contribution is 0.0590. The first-order valence-corrected chi connectivity index (χ1v) is 5.93. The maximum Gasteiger partial charge on any atom is 0.360 e. The van der Waals surface area contributed by atoms with Crippen molar-refractivity contribution < 1.29 is 19.4 Å². The molecule has 0 saturated heterocycles. The molecule has 1 aromatic carbocycles. The highest BCUT2D eigenvalue weighted by atomic mass is 16.5. The number of nitrogens with zero attached hydrogens (tertiary/aromatic N) is 1. The van der Waals surface area contributed by atoms with E-state index in [0.717, 1.165) is 0 Å². The number of methoxy groups -OCH3 is 1. The first kappa shape index (κ1) is 13.7. The van der Waals surface area contributed by atoms with Gasteiger partial charge in [-0.3, -0.25) is 4.79 Å². The van der Waals surface area contributed by atoms with Crippen LogP contribution in [-0.4, -0.2) is 29.0 Å². The lowest BCUT2D eigenvalue weighted by Gasteiger charge is -2.10. The molecule has 0 aliphatic rings. The molecule has 0 aliphatic heterocycles. The molecular weight excluding hydrogens is 258 g/mol. The molecule has 0 atom stereocenters. The largest absolute Gasteiger partial charge is 0.505 e. The smallest absolute Gasteiger partial charge is 0.360 e. The van der Waals surface area contributed by atoms with Gasteiger partial charge < -0.3 is 9.84 Å². The highest BCUT2D eigenvalue weighted by Crippen LogP contribution is 2.27. The van der Waals surface area contributed by atoms with E-state index in [1.54, 1.807) is 24.3 Å². The summed E-state index contributed by atoms with van der Waals surface area (Å²) in [5.74, 6) is -1.38. The van der Waals surface area contributed by atoms with Crippen LogP contribution in [-0.2, 0) is 4.74 Å². The average Bonchev–Trinajstić information content (AvgIpc) is 2.47. The number of aromatic hydroxyl groups is 1. The highest BCUT2D eigenvalue weighted by Gasteiger charge is 2.20. The SMILES string of the molecule is COC(=O)c1nc(-c2ccccc2)c(C(C)=O)cc1O. The van der Waals surface area contributed by atoms with E-state index in [1.165, 1.54) is 20.1 Å². The van der Waals surface area contributed by atoms with Crippen LogP contribution in [0.4, 0.5) is 0 Å². The molecule has 1 heterocycles. The topological polar surface area (TPSA) is 76.5 Å². The normalized spacial score (nSPS) is 10.1. The number of esters is 1. The number of benzene rings is 1. The minimum atomic E-state index is -0.755. The molecular formula is C15H13NO4. The summed E-state index contributed by atoms with van der Waals surface area (Å²) in [5.41, 5.74) is 1.07. The van der Waals surface area contributed by atoms with Crippen LogP contribution in [0, 0.1) is 0 Å². The third-order valence-corrected chi connectivity index (χ3v) is 2.81. The summed E-state index contributed by atoms with van der Waals surface area (Å²) in [6, 6.07) is 10.2. The van der Waals surface area contributed by atoms with Crippen LogP contribution >= 0.6 is 0 Å². The highest BCUT2D eigenvalue weighted by molar-refractivity contribution is 6.02. The summed E-state index contributed by atoms with van der Waals surface area (Å²) >= 11 is 0. The molecule has 0 saturated carbocycles. The quantitative estimate of drug-likeness (QED) is 0.685. The van der Waals surface area contributed by atoms with E-state index in [2.05, 4.69) is 9.72 Å². The first-order chi connectivity index (χ1) is 9.54. The van der Waals surface area contributed by atoms with Crippen LogP contribution in [0.2, 0.25) is 0 Å². The van der Waals surface area contributed by atoms with Crippen molar-refractivity contribution in [2.24, 2.45) is 0 Å². The second-order valence-corrected chi connectivity index (χ2v) is 4.17. The van der Waals surface area contributed by atoms with Crippen molar-refractivity contribution in [1.29, 1.82) is 0 Å². The third kappa shape index (κ3) is 2.51. The van der Waals surface area contributed by atoms with Gasteiger partial charge in [0.05, 0.1) is 12.8 Å². The van der Waals surface area contributed by atoms with E-state index >= 15 is 0 Å². The Morgan fingerprint density at radius 3 is 2.40 bits per heavy atom. The Balaban J connectivity index is 2.70. The molecule has 5 heteroatoms. The lowest BCUT2D eigenvalue weighted by atomic mass is 10.0. The molecule has 0 aliphatic carbocycles. The number of Topliss-reactive ketones (excluding diaryl/α,β-unsaturated/α-hetero) is 1. The van der Waals surface area contributed by atoms with Gasteiger partial charge in [-0.05, 0) is 13.0 Å². The minimum absolute atomic E-state index is 0.212. The molecule has 2 rings (SSSR count). The molecule has 20 heavy (non-hydrogen) atoms. The van der Waals surface area contributed by atoms with Crippen LogP contribution in [0.1, 0.15) is 27.8 Å². The minimum Gasteiger partial charge on any atom is -0.505 e. The van der Waals surface area contributed by atoms with Crippen molar-refractivity contribution in [2.45, 2.75) is 6.92 Å². The van der Waals surface area contributed by atoms with Gasteiger partial charge in [0.15, 0.2) is 11.5 Å². The van der Waals surface area contributed by atoms with Gasteiger partial charge >= 0.3 is 5.97 Å². The van der Waals surface area contributed by atoms with Gasteiger partial charge in [0.25, 0.3) is 0 Å². The molecule has 0 unspecified atom stereocenters. The number of carbonyl (C=O) groups excluding carboxylic acids is 2. The summed E-state index contributed by atoms with van der Waals surface area (Å²) in [7, 11) is 1.20. The maximum atomic E-state index is 11.7. The monoisotopic (exact) mass is 271 g/mol. The van der Waals surface area contributed by atoms with Gasteiger partial charge in [-0.1, -0.05) is 30.3 Å². The maximum absolute atomic E-state index is 11.7. The number of ether oxygens (including phenoxy) is 1. The molecule has 0 fully saturated rings. The second-order valence-electron chi connectivity index (χ2n) is 4.17. The molecule has 5 nitrogen and oxygen atoms in total. The van der Waals surface area contributed by atoms with Crippen LogP contribution in [0.3, 0.4) is 0 Å². The van der Waals surface area contributed by atoms with Gasteiger partial charge in [0, 0.05) is 11.1 Å². The Labute approximate surface area is 115 Å². The number of aromatic nitrogens is 1. The van der Waals surface area contributed by atoms with Gasteiger partial charge in [0.2, 0.25) is 0 Å². The van der Waals surface area contributed by atoms with Crippen molar-refractivity contribution in [1.82, 2.24) is 4.98 Å². The van der Waals surface area contributed by atoms with Gasteiger partial charge in [0.1, 0.15) is 5.75 Å². The first-order valence-electron chi connectivity index (χ1n) is 5.93. The van der Waals surface area contributed by atoms with Crippen molar-refractivity contribution in [3.63, 3.8) is 0 Å². The van der Waals surface area contributed by atoms with Crippen LogP contribution in [0.5, 0.6) is 5.75 Å². The van der Waals surface area contributed by atoms with E-state index in [-0.39, 0.29) is 22.8 Å². The average molecular weight is 271 g/mol. The molecule has 0 radical (unpaired) electrons. The zero-order valence-electron chi connectivity index (χ0n) is 11.1. The zero-order valence-corrected chi connectivity index (χ0v) is 11.1. The van der Waals surface area contributed by atoms with Gasteiger partial charge in [-0.2, -0.15) is 0 Å². The summed E-state index contributed by atoms with van der Waals surface area (Å²) in [6.07, 6.45) is 0. The Morgan fingerprint density at radius 2 is 1.85 bits per heavy atom.